The molecule has 0 unspecified atom stereocenters. The number of hydrazine groups is 1. The van der Waals surface area contributed by atoms with Crippen molar-refractivity contribution in [2.45, 2.75) is 19.4 Å². The molecule has 1 heterocycles. The molecule has 88 valence electrons. The lowest BCUT2D eigenvalue weighted by molar-refractivity contribution is 0.0957. The lowest BCUT2D eigenvalue weighted by Gasteiger charge is -2.00. The fourth-order valence-electron chi connectivity index (χ4n) is 1.15. The van der Waals surface area contributed by atoms with Crippen LogP contribution < -0.4 is 11.3 Å². The summed E-state index contributed by atoms with van der Waals surface area (Å²) in [5.41, 5.74) is 2.10. The van der Waals surface area contributed by atoms with E-state index in [1.807, 2.05) is 12.1 Å². The van der Waals surface area contributed by atoms with Gasteiger partial charge in [0.05, 0.1) is 11.5 Å². The second kappa shape index (κ2) is 7.16. The maximum atomic E-state index is 11.2. The Balaban J connectivity index is 2.29. The van der Waals surface area contributed by atoms with E-state index in [-0.39, 0.29) is 5.91 Å². The molecule has 5 heteroatoms. The van der Waals surface area contributed by atoms with E-state index in [4.69, 9.17) is 10.6 Å². The molecule has 0 radical (unpaired) electrons. The number of nitrogens with two attached hydrogens (primary N) is 1. The van der Waals surface area contributed by atoms with Gasteiger partial charge in [-0.25, -0.2) is 5.84 Å². The van der Waals surface area contributed by atoms with Gasteiger partial charge >= 0.3 is 0 Å². The maximum absolute atomic E-state index is 11.2. The van der Waals surface area contributed by atoms with E-state index in [2.05, 4.69) is 12.0 Å². The summed E-state index contributed by atoms with van der Waals surface area (Å²) >= 11 is 1.39. The van der Waals surface area contributed by atoms with Gasteiger partial charge in [0, 0.05) is 11.5 Å². The summed E-state index contributed by atoms with van der Waals surface area (Å²) in [5, 5.41) is 0. The summed E-state index contributed by atoms with van der Waals surface area (Å²) in [6.45, 7) is 4.89. The van der Waals surface area contributed by atoms with Gasteiger partial charge in [-0.3, -0.25) is 10.2 Å². The van der Waals surface area contributed by atoms with Crippen LogP contribution in [0.2, 0.25) is 0 Å². The standard InChI is InChI=1S/C11H16N2O2S/c1-2-3-4-7-15-8-9-5-6-10(16-9)11(14)13-12/h2,5-6H,1,3-4,7-8,12H2,(H,13,14). The van der Waals surface area contributed by atoms with Gasteiger partial charge in [-0.1, -0.05) is 6.08 Å². The average Bonchev–Trinajstić information content (AvgIpc) is 2.76. The van der Waals surface area contributed by atoms with Crippen LogP contribution in [0.25, 0.3) is 0 Å². The minimum Gasteiger partial charge on any atom is -0.376 e. The first-order chi connectivity index (χ1) is 7.77. The number of unbranched alkanes of at least 4 members (excludes halogenated alkanes) is 1. The number of nitrogens with one attached hydrogen (secondary N) is 1. The number of allylic oxidation sites excluding steroid dienone is 1. The summed E-state index contributed by atoms with van der Waals surface area (Å²) in [6, 6.07) is 3.62. The van der Waals surface area contributed by atoms with Crippen LogP contribution in [0.3, 0.4) is 0 Å². The highest BCUT2D eigenvalue weighted by atomic mass is 32.1. The summed E-state index contributed by atoms with van der Waals surface area (Å²) in [4.78, 5) is 12.8. The number of hydrogen-bond acceptors (Lipinski definition) is 4. The van der Waals surface area contributed by atoms with Crippen molar-refractivity contribution in [1.82, 2.24) is 5.43 Å². The van der Waals surface area contributed by atoms with Crippen LogP contribution in [0, 0.1) is 0 Å². The lowest BCUT2D eigenvalue weighted by atomic mass is 10.3. The van der Waals surface area contributed by atoms with Crippen molar-refractivity contribution in [2.75, 3.05) is 6.61 Å². The number of hydrogen-bond donors (Lipinski definition) is 2. The van der Waals surface area contributed by atoms with Gasteiger partial charge in [0.25, 0.3) is 5.91 Å². The third-order valence-electron chi connectivity index (χ3n) is 1.96. The maximum Gasteiger partial charge on any atom is 0.275 e. The van der Waals surface area contributed by atoms with Crippen LogP contribution >= 0.6 is 11.3 Å². The average molecular weight is 240 g/mol. The van der Waals surface area contributed by atoms with Crippen LogP contribution in [0.1, 0.15) is 27.4 Å². The zero-order valence-electron chi connectivity index (χ0n) is 9.07. The molecule has 0 aromatic carbocycles. The summed E-state index contributed by atoms with van der Waals surface area (Å²) in [5.74, 6) is 4.77. The van der Waals surface area contributed by atoms with Crippen molar-refractivity contribution >= 4 is 17.2 Å². The molecule has 0 saturated heterocycles. The van der Waals surface area contributed by atoms with Gasteiger partial charge in [0.2, 0.25) is 0 Å². The molecule has 0 aliphatic rings. The third kappa shape index (κ3) is 4.14. The number of ether oxygens (including phenoxy) is 1. The van der Waals surface area contributed by atoms with Crippen LogP contribution in [0.15, 0.2) is 24.8 Å². The number of rotatable bonds is 7. The Kier molecular flexibility index (Phi) is 5.77. The SMILES string of the molecule is C=CCCCOCc1ccc(C(=O)NN)s1. The molecule has 0 saturated carbocycles. The second-order valence-electron chi connectivity index (χ2n) is 3.22. The van der Waals surface area contributed by atoms with Crippen molar-refractivity contribution in [3.63, 3.8) is 0 Å². The fourth-order valence-corrected chi connectivity index (χ4v) is 2.00. The highest BCUT2D eigenvalue weighted by Gasteiger charge is 2.06. The highest BCUT2D eigenvalue weighted by molar-refractivity contribution is 7.14. The molecule has 0 spiro atoms. The summed E-state index contributed by atoms with van der Waals surface area (Å²) in [6.07, 6.45) is 3.81. The molecule has 4 nitrogen and oxygen atoms in total. The van der Waals surface area contributed by atoms with E-state index < -0.39 is 0 Å². The van der Waals surface area contributed by atoms with E-state index in [1.165, 1.54) is 11.3 Å². The monoisotopic (exact) mass is 240 g/mol. The molecule has 0 fully saturated rings. The normalized spacial score (nSPS) is 10.1. The molecule has 0 bridgehead atoms. The zero-order chi connectivity index (χ0) is 11.8. The quantitative estimate of drug-likeness (QED) is 0.251. The van der Waals surface area contributed by atoms with Gasteiger partial charge in [-0.05, 0) is 25.0 Å². The number of thiophene rings is 1. The molecule has 1 amide bonds. The first-order valence-electron chi connectivity index (χ1n) is 5.06. The molecule has 0 atom stereocenters. The van der Waals surface area contributed by atoms with Crippen LogP contribution in [-0.2, 0) is 11.3 Å². The summed E-state index contributed by atoms with van der Waals surface area (Å²) < 4.78 is 5.45. The second-order valence-corrected chi connectivity index (χ2v) is 4.39. The van der Waals surface area contributed by atoms with E-state index in [1.54, 1.807) is 6.07 Å². The fraction of sp³-hybridized carbons (Fsp3) is 0.364. The Bertz CT molecular complexity index is 350. The largest absolute Gasteiger partial charge is 0.376 e. The van der Waals surface area contributed by atoms with Gasteiger partial charge in [-0.15, -0.1) is 17.9 Å². The first kappa shape index (κ1) is 12.9. The van der Waals surface area contributed by atoms with Crippen molar-refractivity contribution in [3.8, 4) is 0 Å². The van der Waals surface area contributed by atoms with Crippen molar-refractivity contribution in [2.24, 2.45) is 5.84 Å². The van der Waals surface area contributed by atoms with E-state index >= 15 is 0 Å². The van der Waals surface area contributed by atoms with Crippen LogP contribution in [-0.4, -0.2) is 12.5 Å². The van der Waals surface area contributed by atoms with Gasteiger partial charge in [-0.2, -0.15) is 0 Å². The van der Waals surface area contributed by atoms with Gasteiger partial charge in [0.1, 0.15) is 0 Å². The Morgan fingerprint density at radius 2 is 2.44 bits per heavy atom. The van der Waals surface area contributed by atoms with E-state index in [0.717, 1.165) is 17.7 Å². The Labute approximate surface area is 99.1 Å². The lowest BCUT2D eigenvalue weighted by Crippen LogP contribution is -2.29. The van der Waals surface area contributed by atoms with Crippen molar-refractivity contribution in [1.29, 1.82) is 0 Å². The van der Waals surface area contributed by atoms with Crippen molar-refractivity contribution in [3.05, 3.63) is 34.5 Å². The summed E-state index contributed by atoms with van der Waals surface area (Å²) in [7, 11) is 0. The van der Waals surface area contributed by atoms with E-state index in [9.17, 15) is 4.79 Å². The highest BCUT2D eigenvalue weighted by Crippen LogP contribution is 2.17. The number of carbonyl (C=O) groups excluding carboxylic acids is 1. The molecule has 3 N–H and O–H groups in total. The zero-order valence-corrected chi connectivity index (χ0v) is 9.89. The predicted octanol–water partition coefficient (Wildman–Crippen LogP) is 1.83. The predicted molar refractivity (Wildman–Crippen MR) is 65.1 cm³/mol. The molecule has 0 aliphatic carbocycles. The molecule has 0 aliphatic heterocycles. The molecule has 1 rings (SSSR count). The van der Waals surface area contributed by atoms with Crippen molar-refractivity contribution < 1.29 is 9.53 Å². The third-order valence-corrected chi connectivity index (χ3v) is 3.02. The Morgan fingerprint density at radius 1 is 1.62 bits per heavy atom. The Morgan fingerprint density at radius 3 is 3.12 bits per heavy atom. The minimum atomic E-state index is -0.261. The van der Waals surface area contributed by atoms with E-state index in [0.29, 0.717) is 18.1 Å². The molecule has 16 heavy (non-hydrogen) atoms. The minimum absolute atomic E-state index is 0.261. The molecule has 1 aromatic rings. The number of carbonyl (C=O) groups is 1. The Hall–Kier alpha value is -1.17. The first-order valence-corrected chi connectivity index (χ1v) is 5.88. The van der Waals surface area contributed by atoms with Crippen LogP contribution in [0.5, 0.6) is 0 Å². The number of nitrogen functional groups attached to an aromatic ring is 1. The smallest absolute Gasteiger partial charge is 0.275 e. The topological polar surface area (TPSA) is 64.3 Å². The van der Waals surface area contributed by atoms with Gasteiger partial charge < -0.3 is 4.74 Å². The molecular weight excluding hydrogens is 224 g/mol. The van der Waals surface area contributed by atoms with Gasteiger partial charge in [0.15, 0.2) is 0 Å². The van der Waals surface area contributed by atoms with Crippen LogP contribution in [0.4, 0.5) is 0 Å². The number of amides is 1. The molecule has 1 aromatic heterocycles. The molecular formula is C11H16N2O2S.